The second kappa shape index (κ2) is 7.91. The minimum Gasteiger partial charge on any atom is -0.467 e. The van der Waals surface area contributed by atoms with Crippen molar-refractivity contribution in [2.75, 3.05) is 5.32 Å². The van der Waals surface area contributed by atoms with Crippen LogP contribution in [-0.2, 0) is 19.4 Å². The van der Waals surface area contributed by atoms with Gasteiger partial charge in [0, 0.05) is 15.0 Å². The summed E-state index contributed by atoms with van der Waals surface area (Å²) in [6.07, 6.45) is 4.37. The summed E-state index contributed by atoms with van der Waals surface area (Å²) < 4.78 is 6.25. The summed E-state index contributed by atoms with van der Waals surface area (Å²) in [5, 5.41) is 7.74. The number of halogens is 1. The first-order chi connectivity index (χ1) is 14.6. The Hall–Kier alpha value is -2.61. The lowest BCUT2D eigenvalue weighted by atomic mass is 10.1. The summed E-state index contributed by atoms with van der Waals surface area (Å²) in [6, 6.07) is 11.2. The molecule has 3 aromatic heterocycles. The molecule has 152 valence electrons. The summed E-state index contributed by atoms with van der Waals surface area (Å²) in [5.74, 6) is 0.183. The molecule has 8 heteroatoms. The van der Waals surface area contributed by atoms with Crippen LogP contribution in [0.2, 0.25) is 5.02 Å². The topological polar surface area (TPSA) is 71.3 Å². The molecule has 0 saturated carbocycles. The van der Waals surface area contributed by atoms with E-state index in [-0.39, 0.29) is 11.8 Å². The molecule has 1 aromatic carbocycles. The first-order valence-electron chi connectivity index (χ1n) is 9.55. The monoisotopic (exact) mass is 456 g/mol. The zero-order valence-electron chi connectivity index (χ0n) is 15.8. The van der Waals surface area contributed by atoms with Gasteiger partial charge in [0.05, 0.1) is 23.4 Å². The molecule has 0 aliphatic heterocycles. The van der Waals surface area contributed by atoms with Crippen LogP contribution in [0, 0.1) is 0 Å². The second-order valence-corrected chi connectivity index (χ2v) is 9.55. The van der Waals surface area contributed by atoms with Crippen molar-refractivity contribution < 1.29 is 14.0 Å². The molecule has 0 bridgehead atoms. The van der Waals surface area contributed by atoms with Gasteiger partial charge in [-0.2, -0.15) is 0 Å². The predicted molar refractivity (Wildman–Crippen MR) is 121 cm³/mol. The Bertz CT molecular complexity index is 1260. The minimum absolute atomic E-state index is 0.205. The van der Waals surface area contributed by atoms with Gasteiger partial charge in [0.2, 0.25) is 0 Å². The quantitative estimate of drug-likeness (QED) is 0.394. The largest absolute Gasteiger partial charge is 0.467 e. The summed E-state index contributed by atoms with van der Waals surface area (Å²) in [4.78, 5) is 27.6. The van der Waals surface area contributed by atoms with Crippen LogP contribution in [0.1, 0.15) is 42.7 Å². The average Bonchev–Trinajstić information content (AvgIpc) is 3.51. The Morgan fingerprint density at radius 3 is 2.73 bits per heavy atom. The van der Waals surface area contributed by atoms with Crippen molar-refractivity contribution in [2.24, 2.45) is 0 Å². The van der Waals surface area contributed by atoms with E-state index in [0.717, 1.165) is 39.8 Å². The van der Waals surface area contributed by atoms with Crippen LogP contribution in [0.15, 0.2) is 47.1 Å². The number of nitrogens with one attached hydrogen (secondary N) is 2. The number of aryl methyl sites for hydroxylation is 1. The third-order valence-electron chi connectivity index (χ3n) is 5.12. The highest BCUT2D eigenvalue weighted by Gasteiger charge is 2.28. The summed E-state index contributed by atoms with van der Waals surface area (Å²) in [5.41, 5.74) is 1.60. The van der Waals surface area contributed by atoms with Crippen molar-refractivity contribution in [3.05, 3.63) is 74.3 Å². The molecule has 2 amide bonds. The van der Waals surface area contributed by atoms with Gasteiger partial charge in [-0.25, -0.2) is 0 Å². The molecule has 1 aliphatic rings. The third kappa shape index (κ3) is 3.43. The highest BCUT2D eigenvalue weighted by molar-refractivity contribution is 7.22. The number of fused-ring (bicyclic) bond motifs is 2. The molecule has 30 heavy (non-hydrogen) atoms. The van der Waals surface area contributed by atoms with E-state index in [2.05, 4.69) is 10.6 Å². The van der Waals surface area contributed by atoms with Gasteiger partial charge >= 0.3 is 0 Å². The van der Waals surface area contributed by atoms with Crippen LogP contribution in [0.4, 0.5) is 5.00 Å². The molecule has 4 aromatic rings. The van der Waals surface area contributed by atoms with Crippen molar-refractivity contribution in [1.29, 1.82) is 0 Å². The Morgan fingerprint density at radius 2 is 1.93 bits per heavy atom. The molecule has 3 heterocycles. The number of amides is 2. The van der Waals surface area contributed by atoms with Crippen molar-refractivity contribution in [1.82, 2.24) is 5.32 Å². The molecule has 0 spiro atoms. The second-order valence-electron chi connectivity index (χ2n) is 7.02. The number of carbonyl (C=O) groups is 2. The number of hydrogen-bond acceptors (Lipinski definition) is 5. The Labute approximate surface area is 185 Å². The summed E-state index contributed by atoms with van der Waals surface area (Å²) in [7, 11) is 0. The zero-order chi connectivity index (χ0) is 20.7. The number of hydrogen-bond donors (Lipinski definition) is 2. The lowest BCUT2D eigenvalue weighted by Gasteiger charge is -2.08. The number of rotatable bonds is 5. The van der Waals surface area contributed by atoms with E-state index in [1.807, 2.05) is 30.3 Å². The molecule has 0 radical (unpaired) electrons. The maximum atomic E-state index is 13.0. The zero-order valence-corrected chi connectivity index (χ0v) is 18.2. The van der Waals surface area contributed by atoms with E-state index in [4.69, 9.17) is 16.0 Å². The molecular weight excluding hydrogens is 440 g/mol. The van der Waals surface area contributed by atoms with Crippen molar-refractivity contribution in [3.63, 3.8) is 0 Å². The molecule has 0 atom stereocenters. The normalized spacial score (nSPS) is 12.8. The summed E-state index contributed by atoms with van der Waals surface area (Å²) in [6.45, 7) is 0.298. The van der Waals surface area contributed by atoms with Crippen molar-refractivity contribution >= 4 is 61.2 Å². The standard InChI is InChI=1S/C22H17ClN2O3S2/c23-18-14-6-1-2-8-16(14)29-19(18)21(27)25-22-17(13-7-3-9-15(13)30-22)20(26)24-11-12-5-4-10-28-12/h1-2,4-6,8,10H,3,7,9,11H2,(H,24,26)(H,25,27). The molecule has 0 unspecified atom stereocenters. The maximum Gasteiger partial charge on any atom is 0.267 e. The first kappa shape index (κ1) is 19.4. The minimum atomic E-state index is -0.291. The number of benzene rings is 1. The van der Waals surface area contributed by atoms with Gasteiger partial charge in [-0.15, -0.1) is 22.7 Å². The van der Waals surface area contributed by atoms with Gasteiger partial charge < -0.3 is 15.1 Å². The van der Waals surface area contributed by atoms with Crippen LogP contribution in [0.25, 0.3) is 10.1 Å². The van der Waals surface area contributed by atoms with Gasteiger partial charge in [0.25, 0.3) is 11.8 Å². The van der Waals surface area contributed by atoms with Gasteiger partial charge in [-0.3, -0.25) is 9.59 Å². The Morgan fingerprint density at radius 1 is 1.07 bits per heavy atom. The van der Waals surface area contributed by atoms with E-state index < -0.39 is 0 Å². The SMILES string of the molecule is O=C(Nc1sc2c(c1C(=O)NCc1ccco1)CCC2)c1sc2ccccc2c1Cl. The smallest absolute Gasteiger partial charge is 0.267 e. The van der Waals surface area contributed by atoms with Gasteiger partial charge in [0.15, 0.2) is 0 Å². The fourth-order valence-electron chi connectivity index (χ4n) is 3.72. The molecule has 0 fully saturated rings. The third-order valence-corrected chi connectivity index (χ3v) is 8.00. The summed E-state index contributed by atoms with van der Waals surface area (Å²) >= 11 is 9.30. The lowest BCUT2D eigenvalue weighted by molar-refractivity contribution is 0.0948. The molecule has 5 rings (SSSR count). The first-order valence-corrected chi connectivity index (χ1v) is 11.6. The lowest BCUT2D eigenvalue weighted by Crippen LogP contribution is -2.24. The van der Waals surface area contributed by atoms with E-state index in [1.54, 1.807) is 12.3 Å². The van der Waals surface area contributed by atoms with E-state index >= 15 is 0 Å². The average molecular weight is 457 g/mol. The Balaban J connectivity index is 1.43. The van der Waals surface area contributed by atoms with Crippen LogP contribution < -0.4 is 10.6 Å². The number of furan rings is 1. The van der Waals surface area contributed by atoms with E-state index in [1.165, 1.54) is 22.7 Å². The molecule has 0 saturated heterocycles. The van der Waals surface area contributed by atoms with Gasteiger partial charge in [0.1, 0.15) is 15.6 Å². The molecule has 2 N–H and O–H groups in total. The van der Waals surface area contributed by atoms with Crippen molar-refractivity contribution in [3.8, 4) is 0 Å². The van der Waals surface area contributed by atoms with Crippen LogP contribution in [0.5, 0.6) is 0 Å². The van der Waals surface area contributed by atoms with Crippen LogP contribution >= 0.6 is 34.3 Å². The fraction of sp³-hybridized carbons (Fsp3) is 0.182. The Kier molecular flexibility index (Phi) is 5.10. The highest BCUT2D eigenvalue weighted by Crippen LogP contribution is 2.41. The number of thiophene rings is 2. The highest BCUT2D eigenvalue weighted by atomic mass is 35.5. The van der Waals surface area contributed by atoms with E-state index in [9.17, 15) is 9.59 Å². The van der Waals surface area contributed by atoms with Gasteiger partial charge in [-0.05, 0) is 43.0 Å². The molecule has 1 aliphatic carbocycles. The van der Waals surface area contributed by atoms with Crippen molar-refractivity contribution in [2.45, 2.75) is 25.8 Å². The van der Waals surface area contributed by atoms with Crippen LogP contribution in [-0.4, -0.2) is 11.8 Å². The predicted octanol–water partition coefficient (Wildman–Crippen LogP) is 5.88. The van der Waals surface area contributed by atoms with Crippen LogP contribution in [0.3, 0.4) is 0 Å². The van der Waals surface area contributed by atoms with E-state index in [0.29, 0.717) is 32.8 Å². The fourth-order valence-corrected chi connectivity index (χ4v) is 6.42. The number of carbonyl (C=O) groups excluding carboxylic acids is 2. The van der Waals surface area contributed by atoms with Gasteiger partial charge in [-0.1, -0.05) is 29.8 Å². The molecule has 5 nitrogen and oxygen atoms in total. The molecular formula is C22H17ClN2O3S2. The number of anilines is 1. The maximum absolute atomic E-state index is 13.0.